The zero-order chi connectivity index (χ0) is 29.5. The number of ether oxygens (including phenoxy) is 1. The minimum atomic E-state index is -1.43. The lowest BCUT2D eigenvalue weighted by Crippen LogP contribution is -2.40. The van der Waals surface area contributed by atoms with Crippen molar-refractivity contribution in [1.82, 2.24) is 4.72 Å². The van der Waals surface area contributed by atoms with Gasteiger partial charge < -0.3 is 9.64 Å². The van der Waals surface area contributed by atoms with E-state index in [0.29, 0.717) is 24.0 Å². The van der Waals surface area contributed by atoms with Crippen molar-refractivity contribution in [3.63, 3.8) is 0 Å². The van der Waals surface area contributed by atoms with Crippen LogP contribution in [-0.2, 0) is 17.4 Å². The fraction of sp³-hybridized carbons (Fsp3) is 0.618. The van der Waals surface area contributed by atoms with E-state index in [1.165, 1.54) is 36.8 Å². The van der Waals surface area contributed by atoms with Gasteiger partial charge in [0.05, 0.1) is 17.5 Å². The molecule has 0 saturated heterocycles. The summed E-state index contributed by atoms with van der Waals surface area (Å²) < 4.78 is 22.3. The number of nitrogens with zero attached hydrogens (tertiary/aromatic N) is 1. The SMILES string of the molecule is CC.CCCc1cc(Cl)ccc1C1COc2ccc3cc2N(C1)CC1CCC1CCCCC(C)C(C)S(=O)NC3=O. The van der Waals surface area contributed by atoms with Gasteiger partial charge in [-0.05, 0) is 91.8 Å². The van der Waals surface area contributed by atoms with Gasteiger partial charge in [-0.1, -0.05) is 71.0 Å². The van der Waals surface area contributed by atoms with Gasteiger partial charge in [-0.3, -0.25) is 9.52 Å². The van der Waals surface area contributed by atoms with E-state index in [9.17, 15) is 9.00 Å². The maximum absolute atomic E-state index is 13.2. The van der Waals surface area contributed by atoms with Crippen LogP contribution in [0.5, 0.6) is 5.75 Å². The van der Waals surface area contributed by atoms with Crippen LogP contribution in [0.3, 0.4) is 0 Å². The van der Waals surface area contributed by atoms with Gasteiger partial charge in [-0.25, -0.2) is 4.21 Å². The van der Waals surface area contributed by atoms with Gasteiger partial charge in [0.2, 0.25) is 0 Å². The zero-order valence-electron chi connectivity index (χ0n) is 25.6. The van der Waals surface area contributed by atoms with Gasteiger partial charge in [-0.15, -0.1) is 0 Å². The number of amides is 1. The normalized spacial score (nSPS) is 28.5. The van der Waals surface area contributed by atoms with Crippen LogP contribution in [0.2, 0.25) is 5.02 Å². The molecule has 0 spiro atoms. The number of rotatable bonds is 3. The molecule has 0 radical (unpaired) electrons. The van der Waals surface area contributed by atoms with Crippen LogP contribution in [0.1, 0.15) is 107 Å². The molecular weight excluding hydrogens is 552 g/mol. The fourth-order valence-corrected chi connectivity index (χ4v) is 7.80. The first kappa shape index (κ1) is 31.9. The summed E-state index contributed by atoms with van der Waals surface area (Å²) >= 11 is 6.39. The Labute approximate surface area is 255 Å². The summed E-state index contributed by atoms with van der Waals surface area (Å²) in [6.45, 7) is 12.7. The number of carbonyl (C=O) groups is 1. The molecule has 5 nitrogen and oxygen atoms in total. The lowest BCUT2D eigenvalue weighted by atomic mass is 9.70. The molecule has 2 aliphatic heterocycles. The monoisotopic (exact) mass is 600 g/mol. The molecule has 1 fully saturated rings. The molecule has 5 rings (SSSR count). The average Bonchev–Trinajstić information content (AvgIpc) is 3.14. The zero-order valence-corrected chi connectivity index (χ0v) is 27.2. The van der Waals surface area contributed by atoms with Crippen LogP contribution >= 0.6 is 11.6 Å². The topological polar surface area (TPSA) is 58.6 Å². The summed E-state index contributed by atoms with van der Waals surface area (Å²) in [4.78, 5) is 15.7. The van der Waals surface area contributed by atoms with Gasteiger partial charge in [0, 0.05) is 29.6 Å². The Bertz CT molecular complexity index is 1200. The van der Waals surface area contributed by atoms with E-state index in [2.05, 4.69) is 35.6 Å². The molecule has 1 saturated carbocycles. The van der Waals surface area contributed by atoms with Crippen molar-refractivity contribution >= 4 is 34.2 Å². The first-order valence-corrected chi connectivity index (χ1v) is 17.4. The Morgan fingerprint density at radius 1 is 1.00 bits per heavy atom. The quantitative estimate of drug-likeness (QED) is 0.385. The minimum absolute atomic E-state index is 0.0867. The highest BCUT2D eigenvalue weighted by atomic mass is 35.5. The summed E-state index contributed by atoms with van der Waals surface area (Å²) in [5, 5.41) is 0.690. The van der Waals surface area contributed by atoms with Gasteiger partial charge in [0.15, 0.2) is 0 Å². The van der Waals surface area contributed by atoms with Gasteiger partial charge in [-0.2, -0.15) is 0 Å². The van der Waals surface area contributed by atoms with Crippen LogP contribution < -0.4 is 14.4 Å². The fourth-order valence-electron chi connectivity index (χ4n) is 6.56. The Morgan fingerprint density at radius 2 is 1.76 bits per heavy atom. The molecule has 2 bridgehead atoms. The van der Waals surface area contributed by atoms with Crippen LogP contribution in [0.25, 0.3) is 0 Å². The maximum atomic E-state index is 13.2. The number of hydrogen-bond donors (Lipinski definition) is 1. The number of aryl methyl sites for hydroxylation is 1. The number of halogens is 1. The van der Waals surface area contributed by atoms with Crippen molar-refractivity contribution < 1.29 is 13.7 Å². The third-order valence-electron chi connectivity index (χ3n) is 9.35. The second kappa shape index (κ2) is 14.9. The van der Waals surface area contributed by atoms with E-state index < -0.39 is 11.0 Å². The number of benzene rings is 2. The molecule has 226 valence electrons. The van der Waals surface area contributed by atoms with E-state index in [4.69, 9.17) is 16.3 Å². The van der Waals surface area contributed by atoms with Crippen molar-refractivity contribution in [1.29, 1.82) is 0 Å². The van der Waals surface area contributed by atoms with E-state index in [1.54, 1.807) is 6.07 Å². The Morgan fingerprint density at radius 3 is 2.49 bits per heavy atom. The predicted octanol–water partition coefficient (Wildman–Crippen LogP) is 8.32. The standard InChI is InChI=1S/C32H43ClN2O3S.C2H6/c1-4-7-24-16-28(33)13-14-29(24)27-19-35-18-26-11-10-23(26)9-6-5-8-21(2)22(3)39(37)34-32(36)25-12-15-31(38-20-27)30(35)17-25;1-2/h12-17,21-23,26-27H,4-11,18-20H2,1-3H3,(H,34,36);1-2H3. The lowest BCUT2D eigenvalue weighted by molar-refractivity contribution is 0.0982. The highest BCUT2D eigenvalue weighted by molar-refractivity contribution is 7.84. The number of fused-ring (bicyclic) bond motifs is 2. The smallest absolute Gasteiger partial charge is 0.263 e. The molecular formula is C34H49ClN2O3S. The summed E-state index contributed by atoms with van der Waals surface area (Å²) in [7, 11) is -1.43. The summed E-state index contributed by atoms with van der Waals surface area (Å²) in [6.07, 6.45) is 9.30. The molecule has 6 unspecified atom stereocenters. The molecule has 1 aliphatic carbocycles. The Balaban J connectivity index is 0.00000189. The molecule has 2 heterocycles. The van der Waals surface area contributed by atoms with Crippen LogP contribution in [0.15, 0.2) is 36.4 Å². The molecule has 2 aromatic rings. The highest BCUT2D eigenvalue weighted by Gasteiger charge is 2.35. The first-order chi connectivity index (χ1) is 19.8. The maximum Gasteiger partial charge on any atom is 0.263 e. The molecule has 1 N–H and O–H groups in total. The molecule has 2 aromatic carbocycles. The number of hydrogen-bond acceptors (Lipinski definition) is 4. The summed E-state index contributed by atoms with van der Waals surface area (Å²) in [5.74, 6) is 2.45. The predicted molar refractivity (Wildman–Crippen MR) is 173 cm³/mol. The van der Waals surface area contributed by atoms with E-state index in [1.807, 2.05) is 39.0 Å². The second-order valence-corrected chi connectivity index (χ2v) is 14.0. The van der Waals surface area contributed by atoms with Crippen molar-refractivity contribution in [2.24, 2.45) is 17.8 Å². The molecule has 6 atom stereocenters. The second-order valence-electron chi connectivity index (χ2n) is 12.0. The van der Waals surface area contributed by atoms with Crippen molar-refractivity contribution in [3.8, 4) is 5.75 Å². The van der Waals surface area contributed by atoms with Crippen molar-refractivity contribution in [2.75, 3.05) is 24.6 Å². The van der Waals surface area contributed by atoms with Crippen LogP contribution in [0.4, 0.5) is 5.69 Å². The van der Waals surface area contributed by atoms with Gasteiger partial charge >= 0.3 is 0 Å². The summed E-state index contributed by atoms with van der Waals surface area (Å²) in [5.41, 5.74) is 4.11. The third kappa shape index (κ3) is 7.67. The largest absolute Gasteiger partial charge is 0.491 e. The van der Waals surface area contributed by atoms with Crippen LogP contribution in [0, 0.1) is 17.8 Å². The van der Waals surface area contributed by atoms with Crippen molar-refractivity contribution in [2.45, 2.75) is 97.2 Å². The first-order valence-electron chi connectivity index (χ1n) is 15.9. The van der Waals surface area contributed by atoms with Crippen LogP contribution in [-0.4, -0.2) is 35.1 Å². The molecule has 7 heteroatoms. The van der Waals surface area contributed by atoms with E-state index in [-0.39, 0.29) is 17.1 Å². The average molecular weight is 601 g/mol. The molecule has 3 aliphatic rings. The van der Waals surface area contributed by atoms with Gasteiger partial charge in [0.25, 0.3) is 5.91 Å². The number of nitrogens with one attached hydrogen (secondary N) is 1. The van der Waals surface area contributed by atoms with Gasteiger partial charge in [0.1, 0.15) is 16.7 Å². The molecule has 1 amide bonds. The highest BCUT2D eigenvalue weighted by Crippen LogP contribution is 2.43. The van der Waals surface area contributed by atoms with Crippen molar-refractivity contribution in [3.05, 3.63) is 58.1 Å². The minimum Gasteiger partial charge on any atom is -0.491 e. The molecule has 41 heavy (non-hydrogen) atoms. The third-order valence-corrected chi connectivity index (χ3v) is 11.1. The summed E-state index contributed by atoms with van der Waals surface area (Å²) in [6, 6.07) is 12.0. The van der Waals surface area contributed by atoms with E-state index >= 15 is 0 Å². The van der Waals surface area contributed by atoms with E-state index in [0.717, 1.165) is 61.2 Å². The molecule has 0 aromatic heterocycles. The number of anilines is 1. The number of carbonyl (C=O) groups excluding carboxylic acids is 1. The Kier molecular flexibility index (Phi) is 11.6. The Hall–Kier alpha value is -2.05. The lowest BCUT2D eigenvalue weighted by Gasteiger charge is -2.41.